The molecule has 0 saturated heterocycles. The third-order valence-corrected chi connectivity index (χ3v) is 4.91. The molecule has 4 rings (SSSR count). The molecule has 0 aliphatic heterocycles. The maximum Gasteiger partial charge on any atom is 0.417 e. The molecular formula is C24H12F8N2. The number of rotatable bonds is 3. The van der Waals surface area contributed by atoms with Crippen LogP contribution in [0.1, 0.15) is 11.1 Å². The molecule has 0 N–H and O–H groups in total. The van der Waals surface area contributed by atoms with Crippen LogP contribution in [0.15, 0.2) is 72.8 Å². The fourth-order valence-corrected chi connectivity index (χ4v) is 3.46. The minimum Gasteiger partial charge on any atom is -0.228 e. The summed E-state index contributed by atoms with van der Waals surface area (Å²) >= 11 is 0. The summed E-state index contributed by atoms with van der Waals surface area (Å²) in [6, 6.07) is 12.8. The molecule has 0 amide bonds. The lowest BCUT2D eigenvalue weighted by Crippen LogP contribution is -2.11. The van der Waals surface area contributed by atoms with Gasteiger partial charge in [0, 0.05) is 16.7 Å². The average Bonchev–Trinajstić information content (AvgIpc) is 2.78. The third kappa shape index (κ3) is 4.48. The first-order valence-electron chi connectivity index (χ1n) is 9.63. The Labute approximate surface area is 187 Å². The smallest absolute Gasteiger partial charge is 0.228 e. The Balaban J connectivity index is 2.09. The molecule has 174 valence electrons. The van der Waals surface area contributed by atoms with Gasteiger partial charge in [-0.25, -0.2) is 18.7 Å². The first-order chi connectivity index (χ1) is 16.0. The van der Waals surface area contributed by atoms with Crippen LogP contribution in [-0.2, 0) is 12.4 Å². The molecule has 34 heavy (non-hydrogen) atoms. The van der Waals surface area contributed by atoms with Gasteiger partial charge < -0.3 is 0 Å². The molecule has 0 spiro atoms. The molecular weight excluding hydrogens is 468 g/mol. The second-order valence-electron chi connectivity index (χ2n) is 7.15. The van der Waals surface area contributed by atoms with Crippen LogP contribution in [-0.4, -0.2) is 9.97 Å². The van der Waals surface area contributed by atoms with Gasteiger partial charge in [0.15, 0.2) is 5.82 Å². The highest BCUT2D eigenvalue weighted by molar-refractivity contribution is 5.75. The number of benzene rings is 3. The van der Waals surface area contributed by atoms with Crippen molar-refractivity contribution in [2.24, 2.45) is 0 Å². The minimum atomic E-state index is -5.00. The lowest BCUT2D eigenvalue weighted by Gasteiger charge is -2.17. The molecule has 3 aromatic carbocycles. The maximum absolute atomic E-state index is 14.7. The number of halogens is 8. The van der Waals surface area contributed by atoms with Crippen molar-refractivity contribution in [2.45, 2.75) is 12.4 Å². The highest BCUT2D eigenvalue weighted by atomic mass is 19.4. The van der Waals surface area contributed by atoms with E-state index in [4.69, 9.17) is 0 Å². The number of aromatic nitrogens is 2. The van der Waals surface area contributed by atoms with Gasteiger partial charge in [-0.2, -0.15) is 26.3 Å². The second kappa shape index (κ2) is 8.51. The molecule has 0 saturated carbocycles. The van der Waals surface area contributed by atoms with E-state index in [0.29, 0.717) is 18.2 Å². The Bertz CT molecular complexity index is 1260. The van der Waals surface area contributed by atoms with Gasteiger partial charge in [0.25, 0.3) is 0 Å². The van der Waals surface area contributed by atoms with Crippen LogP contribution in [0.4, 0.5) is 35.1 Å². The van der Waals surface area contributed by atoms with E-state index in [1.165, 1.54) is 12.1 Å². The molecule has 0 unspecified atom stereocenters. The third-order valence-electron chi connectivity index (χ3n) is 4.91. The van der Waals surface area contributed by atoms with Gasteiger partial charge >= 0.3 is 12.4 Å². The Kier molecular flexibility index (Phi) is 5.84. The number of alkyl halides is 6. The van der Waals surface area contributed by atoms with Gasteiger partial charge in [-0.3, -0.25) is 0 Å². The summed E-state index contributed by atoms with van der Waals surface area (Å²) in [7, 11) is 0. The molecule has 0 atom stereocenters. The fourth-order valence-electron chi connectivity index (χ4n) is 3.46. The standard InChI is InChI=1S/C24H12F8N2/c25-16-10-4-8-14(23(27,28)29)20(16)18-12-19(34-22(33-18)13-6-2-1-3-7-13)21-15(24(30,31)32)9-5-11-17(21)26/h1-12H. The van der Waals surface area contributed by atoms with Crippen molar-refractivity contribution in [3.63, 3.8) is 0 Å². The van der Waals surface area contributed by atoms with Crippen LogP contribution < -0.4 is 0 Å². The number of hydrogen-bond donors (Lipinski definition) is 0. The van der Waals surface area contributed by atoms with Crippen molar-refractivity contribution >= 4 is 0 Å². The summed E-state index contributed by atoms with van der Waals surface area (Å²) in [6.07, 6.45) is -9.99. The zero-order chi connectivity index (χ0) is 24.7. The maximum atomic E-state index is 14.7. The summed E-state index contributed by atoms with van der Waals surface area (Å²) in [4.78, 5) is 8.00. The van der Waals surface area contributed by atoms with Crippen molar-refractivity contribution in [3.8, 4) is 33.9 Å². The van der Waals surface area contributed by atoms with Crippen LogP contribution in [0.2, 0.25) is 0 Å². The number of nitrogens with zero attached hydrogens (tertiary/aromatic N) is 2. The van der Waals surface area contributed by atoms with Crippen LogP contribution in [0, 0.1) is 11.6 Å². The van der Waals surface area contributed by atoms with E-state index in [1.807, 2.05) is 0 Å². The molecule has 0 bridgehead atoms. The van der Waals surface area contributed by atoms with Gasteiger partial charge in [-0.15, -0.1) is 0 Å². The van der Waals surface area contributed by atoms with E-state index < -0.39 is 57.6 Å². The molecule has 0 fully saturated rings. The van der Waals surface area contributed by atoms with E-state index in [1.54, 1.807) is 18.2 Å². The van der Waals surface area contributed by atoms with Gasteiger partial charge in [0.05, 0.1) is 22.5 Å². The van der Waals surface area contributed by atoms with Crippen molar-refractivity contribution in [1.29, 1.82) is 0 Å². The van der Waals surface area contributed by atoms with Crippen molar-refractivity contribution < 1.29 is 35.1 Å². The molecule has 1 aromatic heterocycles. The predicted molar refractivity (Wildman–Crippen MR) is 108 cm³/mol. The molecule has 0 radical (unpaired) electrons. The SMILES string of the molecule is Fc1cccc(C(F)(F)F)c1-c1cc(-c2c(F)cccc2C(F)(F)F)nc(-c2ccccc2)n1. The molecule has 4 aromatic rings. The highest BCUT2D eigenvalue weighted by Gasteiger charge is 2.37. The largest absolute Gasteiger partial charge is 0.417 e. The average molecular weight is 480 g/mol. The molecule has 10 heteroatoms. The lowest BCUT2D eigenvalue weighted by molar-refractivity contribution is -0.138. The van der Waals surface area contributed by atoms with Gasteiger partial charge in [0.2, 0.25) is 0 Å². The van der Waals surface area contributed by atoms with Gasteiger partial charge in [0.1, 0.15) is 11.6 Å². The Morgan fingerprint density at radius 2 is 0.971 bits per heavy atom. The van der Waals surface area contributed by atoms with Crippen molar-refractivity contribution in [3.05, 3.63) is 95.6 Å². The molecule has 2 nitrogen and oxygen atoms in total. The number of hydrogen-bond acceptors (Lipinski definition) is 2. The van der Waals surface area contributed by atoms with Crippen LogP contribution in [0.25, 0.3) is 33.9 Å². The van der Waals surface area contributed by atoms with Gasteiger partial charge in [-0.1, -0.05) is 42.5 Å². The Morgan fingerprint density at radius 1 is 0.529 bits per heavy atom. The highest BCUT2D eigenvalue weighted by Crippen LogP contribution is 2.42. The van der Waals surface area contributed by atoms with Crippen LogP contribution >= 0.6 is 0 Å². The zero-order valence-electron chi connectivity index (χ0n) is 16.8. The molecule has 0 aliphatic carbocycles. The van der Waals surface area contributed by atoms with E-state index >= 15 is 0 Å². The van der Waals surface area contributed by atoms with Crippen LogP contribution in [0.3, 0.4) is 0 Å². The van der Waals surface area contributed by atoms with Crippen molar-refractivity contribution in [1.82, 2.24) is 9.97 Å². The summed E-state index contributed by atoms with van der Waals surface area (Å²) in [5.74, 6) is -2.91. The Morgan fingerprint density at radius 3 is 1.38 bits per heavy atom. The first kappa shape index (κ1) is 23.3. The second-order valence-corrected chi connectivity index (χ2v) is 7.15. The summed E-state index contributed by atoms with van der Waals surface area (Å²) in [5.41, 5.74) is -5.82. The van der Waals surface area contributed by atoms with Gasteiger partial charge in [-0.05, 0) is 30.3 Å². The molecule has 0 aliphatic rings. The fraction of sp³-hybridized carbons (Fsp3) is 0.0833. The van der Waals surface area contributed by atoms with E-state index in [9.17, 15) is 35.1 Å². The predicted octanol–water partition coefficient (Wildman–Crippen LogP) is 7.79. The van der Waals surface area contributed by atoms with Crippen LogP contribution in [0.5, 0.6) is 0 Å². The monoisotopic (exact) mass is 480 g/mol. The van der Waals surface area contributed by atoms with E-state index in [0.717, 1.165) is 24.3 Å². The topological polar surface area (TPSA) is 25.8 Å². The zero-order valence-corrected chi connectivity index (χ0v) is 16.8. The molecule has 1 heterocycles. The van der Waals surface area contributed by atoms with Crippen molar-refractivity contribution in [2.75, 3.05) is 0 Å². The minimum absolute atomic E-state index is 0.223. The first-order valence-corrected chi connectivity index (χ1v) is 9.63. The summed E-state index contributed by atoms with van der Waals surface area (Å²) in [6.45, 7) is 0. The summed E-state index contributed by atoms with van der Waals surface area (Å²) in [5, 5.41) is 0. The normalized spacial score (nSPS) is 12.1. The van der Waals surface area contributed by atoms with E-state index in [2.05, 4.69) is 9.97 Å². The quantitative estimate of drug-likeness (QED) is 0.280. The van der Waals surface area contributed by atoms with E-state index in [-0.39, 0.29) is 11.4 Å². The lowest BCUT2D eigenvalue weighted by atomic mass is 9.98. The summed E-state index contributed by atoms with van der Waals surface area (Å²) < 4.78 is 111. The Hall–Kier alpha value is -3.82.